The van der Waals surface area contributed by atoms with Crippen LogP contribution in [0, 0.1) is 5.41 Å². The molecule has 0 atom stereocenters. The summed E-state index contributed by atoms with van der Waals surface area (Å²) in [6.45, 7) is 7.60. The van der Waals surface area contributed by atoms with Gasteiger partial charge in [-0.25, -0.2) is 0 Å². The predicted octanol–water partition coefficient (Wildman–Crippen LogP) is 2.43. The highest BCUT2D eigenvalue weighted by Gasteiger charge is 2.24. The number of ether oxygens (including phenoxy) is 2. The summed E-state index contributed by atoms with van der Waals surface area (Å²) >= 11 is 0. The first kappa shape index (κ1) is 14.6. The Morgan fingerprint density at radius 1 is 1.20 bits per heavy atom. The molecular formula is C12H24O3. The van der Waals surface area contributed by atoms with Crippen molar-refractivity contribution in [2.45, 2.75) is 40.0 Å². The number of hydrogen-bond donors (Lipinski definition) is 0. The number of hydrogen-bond acceptors (Lipinski definition) is 3. The van der Waals surface area contributed by atoms with E-state index in [9.17, 15) is 4.79 Å². The van der Waals surface area contributed by atoms with Crippen molar-refractivity contribution in [3.05, 3.63) is 0 Å². The Hall–Kier alpha value is -0.410. The first-order chi connectivity index (χ1) is 7.04. The summed E-state index contributed by atoms with van der Waals surface area (Å²) in [6, 6.07) is 0. The van der Waals surface area contributed by atoms with Gasteiger partial charge in [0.1, 0.15) is 6.61 Å². The summed E-state index contributed by atoms with van der Waals surface area (Å²) in [5.74, 6) is 0.191. The third-order valence-electron chi connectivity index (χ3n) is 2.76. The summed E-state index contributed by atoms with van der Waals surface area (Å²) in [5.41, 5.74) is -0.244. The summed E-state index contributed by atoms with van der Waals surface area (Å²) in [5, 5.41) is 0. The fourth-order valence-electron chi connectivity index (χ4n) is 1.01. The van der Waals surface area contributed by atoms with E-state index in [1.54, 1.807) is 7.11 Å². The van der Waals surface area contributed by atoms with Gasteiger partial charge in [0.25, 0.3) is 0 Å². The smallest absolute Gasteiger partial charge is 0.164 e. The third kappa shape index (κ3) is 6.63. The average molecular weight is 216 g/mol. The lowest BCUT2D eigenvalue weighted by atomic mass is 9.86. The molecule has 0 aromatic heterocycles. The lowest BCUT2D eigenvalue weighted by Gasteiger charge is -2.20. The lowest BCUT2D eigenvalue weighted by Crippen LogP contribution is -2.27. The van der Waals surface area contributed by atoms with Crippen molar-refractivity contribution in [2.24, 2.45) is 5.41 Å². The molecule has 0 aliphatic rings. The van der Waals surface area contributed by atoms with Gasteiger partial charge in [0.15, 0.2) is 5.78 Å². The molecule has 0 fully saturated rings. The Morgan fingerprint density at radius 3 is 2.33 bits per heavy atom. The predicted molar refractivity (Wildman–Crippen MR) is 61.0 cm³/mol. The van der Waals surface area contributed by atoms with Crippen LogP contribution in [0.1, 0.15) is 40.0 Å². The Labute approximate surface area is 93.1 Å². The van der Waals surface area contributed by atoms with Crippen LogP contribution in [0.4, 0.5) is 0 Å². The van der Waals surface area contributed by atoms with Crippen LogP contribution in [0.15, 0.2) is 0 Å². The lowest BCUT2D eigenvalue weighted by molar-refractivity contribution is -0.132. The molecule has 0 aliphatic carbocycles. The van der Waals surface area contributed by atoms with Gasteiger partial charge >= 0.3 is 0 Å². The molecule has 0 bridgehead atoms. The second-order valence-corrected chi connectivity index (χ2v) is 4.41. The average Bonchev–Trinajstić information content (AvgIpc) is 2.22. The molecule has 0 aromatic carbocycles. The monoisotopic (exact) mass is 216 g/mol. The molecule has 15 heavy (non-hydrogen) atoms. The van der Waals surface area contributed by atoms with E-state index < -0.39 is 0 Å². The molecule has 0 N–H and O–H groups in total. The molecule has 0 amide bonds. The second kappa shape index (κ2) is 7.83. The molecular weight excluding hydrogens is 192 g/mol. The maximum absolute atomic E-state index is 11.6. The summed E-state index contributed by atoms with van der Waals surface area (Å²) < 4.78 is 10.2. The molecule has 90 valence electrons. The largest absolute Gasteiger partial charge is 0.385 e. The summed E-state index contributed by atoms with van der Waals surface area (Å²) in [4.78, 5) is 11.6. The Bertz CT molecular complexity index is 176. The van der Waals surface area contributed by atoms with Gasteiger partial charge < -0.3 is 9.47 Å². The second-order valence-electron chi connectivity index (χ2n) is 4.41. The molecule has 0 heterocycles. The fraction of sp³-hybridized carbons (Fsp3) is 0.917. The zero-order valence-corrected chi connectivity index (χ0v) is 10.5. The molecule has 0 spiro atoms. The minimum Gasteiger partial charge on any atom is -0.385 e. The topological polar surface area (TPSA) is 35.5 Å². The quantitative estimate of drug-likeness (QED) is 0.555. The standard InChI is InChI=1S/C12H24O3/c1-5-12(2,3)11(13)10-15-9-7-6-8-14-4/h5-10H2,1-4H3. The van der Waals surface area contributed by atoms with E-state index in [2.05, 4.69) is 0 Å². The Balaban J connectivity index is 3.47. The SMILES string of the molecule is CCC(C)(C)C(=O)COCCCCOC. The van der Waals surface area contributed by atoms with E-state index in [4.69, 9.17) is 9.47 Å². The highest BCUT2D eigenvalue weighted by molar-refractivity contribution is 5.85. The molecule has 0 rings (SSSR count). The first-order valence-electron chi connectivity index (χ1n) is 5.64. The van der Waals surface area contributed by atoms with Crippen molar-refractivity contribution in [1.82, 2.24) is 0 Å². The van der Waals surface area contributed by atoms with Crippen molar-refractivity contribution >= 4 is 5.78 Å². The number of Topliss-reactive ketones (excluding diaryl/α,β-unsaturated/α-hetero) is 1. The maximum atomic E-state index is 11.6. The molecule has 0 unspecified atom stereocenters. The van der Waals surface area contributed by atoms with Crippen LogP contribution in [0.3, 0.4) is 0 Å². The molecule has 0 saturated carbocycles. The molecule has 3 nitrogen and oxygen atoms in total. The van der Waals surface area contributed by atoms with E-state index in [-0.39, 0.29) is 17.8 Å². The number of carbonyl (C=O) groups is 1. The van der Waals surface area contributed by atoms with Crippen molar-refractivity contribution in [3.8, 4) is 0 Å². The van der Waals surface area contributed by atoms with Gasteiger partial charge in [-0.3, -0.25) is 4.79 Å². The van der Waals surface area contributed by atoms with Crippen LogP contribution in [-0.4, -0.2) is 32.7 Å². The number of ketones is 1. The van der Waals surface area contributed by atoms with E-state index in [1.807, 2.05) is 20.8 Å². The fourth-order valence-corrected chi connectivity index (χ4v) is 1.01. The van der Waals surface area contributed by atoms with Gasteiger partial charge in [0, 0.05) is 25.7 Å². The third-order valence-corrected chi connectivity index (χ3v) is 2.76. The number of rotatable bonds is 9. The van der Waals surface area contributed by atoms with Crippen LogP contribution in [0.5, 0.6) is 0 Å². The Morgan fingerprint density at radius 2 is 1.80 bits per heavy atom. The summed E-state index contributed by atoms with van der Waals surface area (Å²) in [6.07, 6.45) is 2.80. The first-order valence-corrected chi connectivity index (χ1v) is 5.64. The highest BCUT2D eigenvalue weighted by atomic mass is 16.5. The van der Waals surface area contributed by atoms with Crippen molar-refractivity contribution < 1.29 is 14.3 Å². The van der Waals surface area contributed by atoms with Crippen LogP contribution in [0.2, 0.25) is 0 Å². The van der Waals surface area contributed by atoms with Crippen molar-refractivity contribution in [2.75, 3.05) is 26.9 Å². The molecule has 0 saturated heterocycles. The number of methoxy groups -OCH3 is 1. The van der Waals surface area contributed by atoms with Crippen LogP contribution >= 0.6 is 0 Å². The van der Waals surface area contributed by atoms with E-state index >= 15 is 0 Å². The van der Waals surface area contributed by atoms with Gasteiger partial charge in [-0.1, -0.05) is 20.8 Å². The summed E-state index contributed by atoms with van der Waals surface area (Å²) in [7, 11) is 1.69. The maximum Gasteiger partial charge on any atom is 0.164 e. The van der Waals surface area contributed by atoms with E-state index in [1.165, 1.54) is 0 Å². The molecule has 3 heteroatoms. The van der Waals surface area contributed by atoms with Gasteiger partial charge in [0.05, 0.1) is 0 Å². The van der Waals surface area contributed by atoms with E-state index in [0.29, 0.717) is 6.61 Å². The van der Waals surface area contributed by atoms with Crippen molar-refractivity contribution in [1.29, 1.82) is 0 Å². The van der Waals surface area contributed by atoms with Gasteiger partial charge in [-0.15, -0.1) is 0 Å². The minimum absolute atomic E-state index is 0.191. The zero-order valence-electron chi connectivity index (χ0n) is 10.5. The zero-order chi connectivity index (χ0) is 11.7. The van der Waals surface area contributed by atoms with Crippen LogP contribution in [-0.2, 0) is 14.3 Å². The minimum atomic E-state index is -0.244. The number of carbonyl (C=O) groups excluding carboxylic acids is 1. The van der Waals surface area contributed by atoms with Gasteiger partial charge in [-0.2, -0.15) is 0 Å². The van der Waals surface area contributed by atoms with Crippen LogP contribution < -0.4 is 0 Å². The Kier molecular flexibility index (Phi) is 7.61. The van der Waals surface area contributed by atoms with E-state index in [0.717, 1.165) is 25.9 Å². The van der Waals surface area contributed by atoms with Gasteiger partial charge in [0.2, 0.25) is 0 Å². The molecule has 0 aromatic rings. The normalized spacial score (nSPS) is 11.7. The highest BCUT2D eigenvalue weighted by Crippen LogP contribution is 2.20. The molecule has 0 radical (unpaired) electrons. The van der Waals surface area contributed by atoms with Crippen molar-refractivity contribution in [3.63, 3.8) is 0 Å². The van der Waals surface area contributed by atoms with Gasteiger partial charge in [-0.05, 0) is 19.3 Å². The molecule has 0 aliphatic heterocycles. The number of unbranched alkanes of at least 4 members (excludes halogenated alkanes) is 1. The van der Waals surface area contributed by atoms with Crippen LogP contribution in [0.25, 0.3) is 0 Å².